The lowest BCUT2D eigenvalue weighted by Crippen LogP contribution is -2.44. The van der Waals surface area contributed by atoms with E-state index < -0.39 is 0 Å². The first-order valence-electron chi connectivity index (χ1n) is 8.29. The van der Waals surface area contributed by atoms with Gasteiger partial charge in [0.15, 0.2) is 5.96 Å². The molecule has 1 aliphatic heterocycles. The maximum Gasteiger partial charge on any atom is 0.191 e. The molecule has 7 heteroatoms. The number of halogens is 1. The van der Waals surface area contributed by atoms with E-state index in [9.17, 15) is 0 Å². The van der Waals surface area contributed by atoms with E-state index in [0.29, 0.717) is 6.04 Å². The monoisotopic (exact) mass is 422 g/mol. The minimum absolute atomic E-state index is 0.367. The van der Waals surface area contributed by atoms with Gasteiger partial charge in [-0.1, -0.05) is 12.1 Å². The van der Waals surface area contributed by atoms with Crippen LogP contribution in [0.5, 0.6) is 5.75 Å². The maximum absolute atomic E-state index is 5.48. The number of ether oxygens (including phenoxy) is 1. The van der Waals surface area contributed by atoms with Crippen molar-refractivity contribution in [2.75, 3.05) is 32.1 Å². The molecule has 5 nitrogen and oxygen atoms in total. The summed E-state index contributed by atoms with van der Waals surface area (Å²) in [5.41, 5.74) is 1.15. The third-order valence-corrected chi connectivity index (χ3v) is 5.86. The second-order valence-electron chi connectivity index (χ2n) is 5.88. The number of hydrogen-bond donors (Lipinski definition) is 2. The number of benzene rings is 1. The van der Waals surface area contributed by atoms with Gasteiger partial charge in [-0.25, -0.2) is 0 Å². The van der Waals surface area contributed by atoms with Gasteiger partial charge in [-0.2, -0.15) is 0 Å². The first-order valence-corrected chi connectivity index (χ1v) is 9.90. The summed E-state index contributed by atoms with van der Waals surface area (Å²) in [5.74, 6) is 1.77. The first-order chi connectivity index (χ1) is 12.2. The standard InChI is InChI=1S/C18H23BrN4OS/c1-20-18(21-11-14-7-8-17(19)25-14)22-13-9-10-23(12-13)15-5-3-4-6-16(15)24-2/h3-8,13H,9-12H2,1-2H3,(H2,20,21,22). The maximum atomic E-state index is 5.48. The molecule has 1 atom stereocenters. The number of guanidine groups is 1. The second-order valence-corrected chi connectivity index (χ2v) is 8.43. The Hall–Kier alpha value is -1.73. The molecule has 0 bridgehead atoms. The number of thiophene rings is 1. The number of rotatable bonds is 5. The molecule has 1 aromatic carbocycles. The highest BCUT2D eigenvalue weighted by atomic mass is 79.9. The smallest absolute Gasteiger partial charge is 0.191 e. The summed E-state index contributed by atoms with van der Waals surface area (Å²) in [6.07, 6.45) is 1.07. The van der Waals surface area contributed by atoms with Crippen molar-refractivity contribution in [2.45, 2.75) is 19.0 Å². The number of para-hydroxylation sites is 2. The summed E-state index contributed by atoms with van der Waals surface area (Å²) in [6, 6.07) is 12.7. The summed E-state index contributed by atoms with van der Waals surface area (Å²) >= 11 is 5.23. The highest BCUT2D eigenvalue weighted by Crippen LogP contribution is 2.30. The van der Waals surface area contributed by atoms with Crippen molar-refractivity contribution in [3.8, 4) is 5.75 Å². The summed E-state index contributed by atoms with van der Waals surface area (Å²) in [5, 5.41) is 6.92. The Morgan fingerprint density at radius 2 is 2.20 bits per heavy atom. The van der Waals surface area contributed by atoms with Crippen LogP contribution in [-0.4, -0.2) is 39.2 Å². The molecule has 1 fully saturated rings. The van der Waals surface area contributed by atoms with Crippen LogP contribution < -0.4 is 20.3 Å². The quantitative estimate of drug-likeness (QED) is 0.571. The molecule has 0 aliphatic carbocycles. The summed E-state index contributed by atoms with van der Waals surface area (Å²) in [4.78, 5) is 7.99. The van der Waals surface area contributed by atoms with Crippen LogP contribution in [0.3, 0.4) is 0 Å². The lowest BCUT2D eigenvalue weighted by molar-refractivity contribution is 0.415. The van der Waals surface area contributed by atoms with E-state index in [1.54, 1.807) is 18.4 Å². The second kappa shape index (κ2) is 8.58. The summed E-state index contributed by atoms with van der Waals surface area (Å²) in [6.45, 7) is 2.72. The Kier molecular flexibility index (Phi) is 6.20. The molecule has 2 N–H and O–H groups in total. The molecule has 3 rings (SSSR count). The molecule has 2 heterocycles. The molecule has 25 heavy (non-hydrogen) atoms. The van der Waals surface area contributed by atoms with E-state index in [2.05, 4.69) is 60.7 Å². The lowest BCUT2D eigenvalue weighted by Gasteiger charge is -2.22. The number of hydrogen-bond acceptors (Lipinski definition) is 4. The van der Waals surface area contributed by atoms with Crippen LogP contribution in [0.25, 0.3) is 0 Å². The lowest BCUT2D eigenvalue weighted by atomic mass is 10.2. The van der Waals surface area contributed by atoms with Crippen LogP contribution >= 0.6 is 27.3 Å². The average Bonchev–Trinajstić information content (AvgIpc) is 3.27. The number of nitrogens with zero attached hydrogens (tertiary/aromatic N) is 2. The van der Waals surface area contributed by atoms with E-state index in [0.717, 1.165) is 47.2 Å². The zero-order valence-corrected chi connectivity index (χ0v) is 16.9. The molecule has 0 spiro atoms. The number of methoxy groups -OCH3 is 1. The minimum atomic E-state index is 0.367. The van der Waals surface area contributed by atoms with Crippen molar-refractivity contribution in [2.24, 2.45) is 4.99 Å². The molecule has 1 saturated heterocycles. The highest BCUT2D eigenvalue weighted by Gasteiger charge is 2.25. The van der Waals surface area contributed by atoms with E-state index in [1.807, 2.05) is 19.2 Å². The van der Waals surface area contributed by atoms with Crippen molar-refractivity contribution in [3.05, 3.63) is 45.1 Å². The summed E-state index contributed by atoms with van der Waals surface area (Å²) in [7, 11) is 3.53. The third-order valence-electron chi connectivity index (χ3n) is 4.24. The minimum Gasteiger partial charge on any atom is -0.495 e. The van der Waals surface area contributed by atoms with E-state index >= 15 is 0 Å². The largest absolute Gasteiger partial charge is 0.495 e. The molecule has 1 aliphatic rings. The Morgan fingerprint density at radius 1 is 1.36 bits per heavy atom. The Labute approximate surface area is 161 Å². The van der Waals surface area contributed by atoms with Crippen molar-refractivity contribution in [1.82, 2.24) is 10.6 Å². The zero-order valence-electron chi connectivity index (χ0n) is 14.5. The fourth-order valence-corrected chi connectivity index (χ4v) is 4.42. The Morgan fingerprint density at radius 3 is 2.92 bits per heavy atom. The Bertz CT molecular complexity index is 733. The van der Waals surface area contributed by atoms with Gasteiger partial charge in [0.2, 0.25) is 0 Å². The van der Waals surface area contributed by atoms with Crippen molar-refractivity contribution >= 4 is 38.9 Å². The van der Waals surface area contributed by atoms with Crippen LogP contribution in [0.4, 0.5) is 5.69 Å². The molecular formula is C18H23BrN4OS. The van der Waals surface area contributed by atoms with Crippen LogP contribution in [-0.2, 0) is 6.54 Å². The Balaban J connectivity index is 1.54. The van der Waals surface area contributed by atoms with Crippen molar-refractivity contribution in [1.29, 1.82) is 0 Å². The third kappa shape index (κ3) is 4.67. The van der Waals surface area contributed by atoms with Crippen molar-refractivity contribution < 1.29 is 4.74 Å². The van der Waals surface area contributed by atoms with Gasteiger partial charge in [0, 0.05) is 31.1 Å². The van der Waals surface area contributed by atoms with Crippen molar-refractivity contribution in [3.63, 3.8) is 0 Å². The molecule has 134 valence electrons. The van der Waals surface area contributed by atoms with E-state index in [4.69, 9.17) is 4.74 Å². The molecule has 1 aromatic heterocycles. The van der Waals surface area contributed by atoms with Crippen LogP contribution in [0.15, 0.2) is 45.2 Å². The molecule has 2 aromatic rings. The highest BCUT2D eigenvalue weighted by molar-refractivity contribution is 9.11. The zero-order chi connectivity index (χ0) is 17.6. The van der Waals surface area contributed by atoms with Gasteiger partial charge in [0.1, 0.15) is 5.75 Å². The van der Waals surface area contributed by atoms with E-state index in [1.165, 1.54) is 4.88 Å². The van der Waals surface area contributed by atoms with Crippen LogP contribution in [0.2, 0.25) is 0 Å². The number of aliphatic imine (C=N–C) groups is 1. The van der Waals surface area contributed by atoms with Gasteiger partial charge >= 0.3 is 0 Å². The molecule has 0 radical (unpaired) electrons. The van der Waals surface area contributed by atoms with Gasteiger partial charge in [0.05, 0.1) is 23.1 Å². The molecule has 0 amide bonds. The number of anilines is 1. The van der Waals surface area contributed by atoms with Gasteiger partial charge in [0.25, 0.3) is 0 Å². The predicted octanol–water partition coefficient (Wildman–Crippen LogP) is 3.46. The topological polar surface area (TPSA) is 48.9 Å². The van der Waals surface area contributed by atoms with Crippen LogP contribution in [0, 0.1) is 0 Å². The van der Waals surface area contributed by atoms with Gasteiger partial charge in [-0.3, -0.25) is 4.99 Å². The molecule has 0 saturated carbocycles. The average molecular weight is 423 g/mol. The first kappa shape index (κ1) is 18.1. The van der Waals surface area contributed by atoms with E-state index in [-0.39, 0.29) is 0 Å². The normalized spacial score (nSPS) is 17.6. The van der Waals surface area contributed by atoms with Crippen LogP contribution in [0.1, 0.15) is 11.3 Å². The predicted molar refractivity (Wildman–Crippen MR) is 109 cm³/mol. The molecular weight excluding hydrogens is 400 g/mol. The number of nitrogens with one attached hydrogen (secondary N) is 2. The summed E-state index contributed by atoms with van der Waals surface area (Å²) < 4.78 is 6.63. The van der Waals surface area contributed by atoms with Gasteiger partial charge < -0.3 is 20.3 Å². The van der Waals surface area contributed by atoms with Gasteiger partial charge in [-0.15, -0.1) is 11.3 Å². The molecule has 1 unspecified atom stereocenters. The van der Waals surface area contributed by atoms with Gasteiger partial charge in [-0.05, 0) is 46.6 Å². The SMILES string of the molecule is CN=C(NCc1ccc(Br)s1)NC1CCN(c2ccccc2OC)C1. The fourth-order valence-electron chi connectivity index (χ4n) is 2.99. The fraction of sp³-hybridized carbons (Fsp3) is 0.389.